The first-order chi connectivity index (χ1) is 10.3. The number of carbonyl (C=O) groups excluding carboxylic acids is 2. The minimum atomic E-state index is -0.980. The van der Waals surface area contributed by atoms with E-state index in [0.29, 0.717) is 22.2 Å². The monoisotopic (exact) mass is 344 g/mol. The molecule has 0 saturated heterocycles. The van der Waals surface area contributed by atoms with E-state index in [0.717, 1.165) is 0 Å². The number of benzene rings is 1. The Morgan fingerprint density at radius 1 is 1.27 bits per heavy atom. The van der Waals surface area contributed by atoms with Gasteiger partial charge in [0.2, 0.25) is 11.8 Å². The Kier molecular flexibility index (Phi) is 4.93. The molecular weight excluding hydrogens is 331 g/mol. The summed E-state index contributed by atoms with van der Waals surface area (Å²) in [4.78, 5) is 35.8. The van der Waals surface area contributed by atoms with Gasteiger partial charge in [0.25, 0.3) is 0 Å². The first kappa shape index (κ1) is 16.6. The number of hydrogen-bond donors (Lipinski definition) is 2. The first-order valence-corrected chi connectivity index (χ1v) is 7.28. The number of likely N-dealkylation sites (N-methyl/N-ethyl adjacent to an activating group) is 1. The van der Waals surface area contributed by atoms with Crippen molar-refractivity contribution in [3.8, 4) is 0 Å². The predicted molar refractivity (Wildman–Crippen MR) is 82.0 cm³/mol. The molecule has 1 aliphatic rings. The van der Waals surface area contributed by atoms with Gasteiger partial charge in [-0.2, -0.15) is 0 Å². The van der Waals surface area contributed by atoms with Gasteiger partial charge in [0, 0.05) is 12.7 Å². The van der Waals surface area contributed by atoms with Gasteiger partial charge in [0.05, 0.1) is 28.4 Å². The van der Waals surface area contributed by atoms with E-state index in [4.69, 9.17) is 28.3 Å². The smallest absolute Gasteiger partial charge is 0.307 e. The van der Waals surface area contributed by atoms with Crippen LogP contribution in [0.25, 0.3) is 0 Å². The molecule has 2 unspecified atom stereocenters. The molecule has 0 heterocycles. The number of hydrogen-bond acceptors (Lipinski definition) is 3. The summed E-state index contributed by atoms with van der Waals surface area (Å²) in [6, 6.07) is 4.65. The third-order valence-corrected chi connectivity index (χ3v) is 4.12. The zero-order chi connectivity index (χ0) is 16.4. The summed E-state index contributed by atoms with van der Waals surface area (Å²) >= 11 is 11.6. The van der Waals surface area contributed by atoms with Gasteiger partial charge in [0.1, 0.15) is 0 Å². The highest BCUT2D eigenvalue weighted by Gasteiger charge is 2.49. The number of carbonyl (C=O) groups is 3. The molecule has 8 heteroatoms. The Labute approximate surface area is 137 Å². The molecule has 2 amide bonds. The number of aliphatic carboxylic acids is 1. The summed E-state index contributed by atoms with van der Waals surface area (Å²) in [6.07, 6.45) is 0.326. The topological polar surface area (TPSA) is 86.7 Å². The van der Waals surface area contributed by atoms with Crippen molar-refractivity contribution in [1.82, 2.24) is 4.90 Å². The minimum Gasteiger partial charge on any atom is -0.481 e. The van der Waals surface area contributed by atoms with Crippen molar-refractivity contribution in [2.45, 2.75) is 6.42 Å². The molecule has 2 rings (SSSR count). The number of carboxylic acids is 1. The lowest BCUT2D eigenvalue weighted by Crippen LogP contribution is -2.36. The Morgan fingerprint density at radius 3 is 2.50 bits per heavy atom. The zero-order valence-corrected chi connectivity index (χ0v) is 13.2. The lowest BCUT2D eigenvalue weighted by Gasteiger charge is -2.16. The van der Waals surface area contributed by atoms with Crippen LogP contribution in [0.5, 0.6) is 0 Å². The number of halogens is 2. The third kappa shape index (κ3) is 3.90. The van der Waals surface area contributed by atoms with Gasteiger partial charge in [-0.3, -0.25) is 14.4 Å². The van der Waals surface area contributed by atoms with Crippen molar-refractivity contribution in [3.05, 3.63) is 28.2 Å². The second kappa shape index (κ2) is 6.54. The van der Waals surface area contributed by atoms with Crippen LogP contribution in [0, 0.1) is 11.8 Å². The van der Waals surface area contributed by atoms with E-state index < -0.39 is 23.7 Å². The van der Waals surface area contributed by atoms with Crippen molar-refractivity contribution in [1.29, 1.82) is 0 Å². The molecule has 22 heavy (non-hydrogen) atoms. The molecule has 1 saturated carbocycles. The van der Waals surface area contributed by atoms with E-state index in [9.17, 15) is 14.4 Å². The highest BCUT2D eigenvalue weighted by atomic mass is 35.5. The van der Waals surface area contributed by atoms with Crippen molar-refractivity contribution in [2.24, 2.45) is 11.8 Å². The maximum absolute atomic E-state index is 12.0. The zero-order valence-electron chi connectivity index (χ0n) is 11.7. The fourth-order valence-electron chi connectivity index (χ4n) is 2.09. The maximum atomic E-state index is 12.0. The number of carboxylic acid groups (broad SMARTS) is 1. The number of nitrogens with one attached hydrogen (secondary N) is 1. The van der Waals surface area contributed by atoms with Crippen molar-refractivity contribution in [2.75, 3.05) is 18.9 Å². The van der Waals surface area contributed by atoms with E-state index in [2.05, 4.69) is 5.32 Å². The normalized spacial score (nSPS) is 19.4. The second-order valence-electron chi connectivity index (χ2n) is 5.16. The van der Waals surface area contributed by atoms with Crippen molar-refractivity contribution in [3.63, 3.8) is 0 Å². The fraction of sp³-hybridized carbons (Fsp3) is 0.357. The number of anilines is 1. The van der Waals surface area contributed by atoms with E-state index in [1.54, 1.807) is 12.1 Å². The molecule has 1 fully saturated rings. The fourth-order valence-corrected chi connectivity index (χ4v) is 2.39. The molecule has 0 aliphatic heterocycles. The lowest BCUT2D eigenvalue weighted by molar-refractivity contribution is -0.141. The average Bonchev–Trinajstić information content (AvgIpc) is 3.22. The van der Waals surface area contributed by atoms with E-state index in [1.165, 1.54) is 18.0 Å². The summed E-state index contributed by atoms with van der Waals surface area (Å²) in [5.74, 6) is -2.88. The first-order valence-electron chi connectivity index (χ1n) is 6.52. The molecule has 0 spiro atoms. The van der Waals surface area contributed by atoms with Gasteiger partial charge in [-0.05, 0) is 24.6 Å². The summed E-state index contributed by atoms with van der Waals surface area (Å²) < 4.78 is 0. The Balaban J connectivity index is 1.87. The average molecular weight is 345 g/mol. The molecule has 0 bridgehead atoms. The largest absolute Gasteiger partial charge is 0.481 e. The molecule has 0 radical (unpaired) electrons. The molecule has 2 N–H and O–H groups in total. The molecule has 118 valence electrons. The van der Waals surface area contributed by atoms with Gasteiger partial charge in [0.15, 0.2) is 0 Å². The van der Waals surface area contributed by atoms with Crippen LogP contribution in [0.4, 0.5) is 5.69 Å². The minimum absolute atomic E-state index is 0.165. The quantitative estimate of drug-likeness (QED) is 0.856. The van der Waals surface area contributed by atoms with E-state index >= 15 is 0 Å². The molecule has 2 atom stereocenters. The predicted octanol–water partition coefficient (Wildman–Crippen LogP) is 2.11. The van der Waals surface area contributed by atoms with Gasteiger partial charge in [-0.1, -0.05) is 23.2 Å². The summed E-state index contributed by atoms with van der Waals surface area (Å²) in [5, 5.41) is 12.1. The van der Waals surface area contributed by atoms with Gasteiger partial charge in [-0.15, -0.1) is 0 Å². The second-order valence-corrected chi connectivity index (χ2v) is 5.97. The van der Waals surface area contributed by atoms with Crippen LogP contribution < -0.4 is 5.32 Å². The third-order valence-electron chi connectivity index (χ3n) is 3.39. The van der Waals surface area contributed by atoms with Gasteiger partial charge < -0.3 is 15.3 Å². The van der Waals surface area contributed by atoms with Crippen LogP contribution >= 0.6 is 23.2 Å². The number of nitrogens with zero attached hydrogens (tertiary/aromatic N) is 1. The maximum Gasteiger partial charge on any atom is 0.307 e. The van der Waals surface area contributed by atoms with E-state index in [1.807, 2.05) is 0 Å². The highest BCUT2D eigenvalue weighted by Crippen LogP contribution is 2.39. The summed E-state index contributed by atoms with van der Waals surface area (Å²) in [5.41, 5.74) is 0.468. The molecule has 0 aromatic heterocycles. The van der Waals surface area contributed by atoms with Crippen LogP contribution in [0.15, 0.2) is 18.2 Å². The Morgan fingerprint density at radius 2 is 1.95 bits per heavy atom. The van der Waals surface area contributed by atoms with Crippen LogP contribution in [-0.4, -0.2) is 41.4 Å². The van der Waals surface area contributed by atoms with E-state index in [-0.39, 0.29) is 12.5 Å². The number of amides is 2. The molecule has 6 nitrogen and oxygen atoms in total. The SMILES string of the molecule is CN(CC(=O)Nc1ccc(Cl)c(Cl)c1)C(=O)C1CC1C(=O)O. The highest BCUT2D eigenvalue weighted by molar-refractivity contribution is 6.42. The molecular formula is C14H14Cl2N2O4. The van der Waals surface area contributed by atoms with Crippen LogP contribution in [0.3, 0.4) is 0 Å². The Hall–Kier alpha value is -1.79. The van der Waals surface area contributed by atoms with Gasteiger partial charge >= 0.3 is 5.97 Å². The van der Waals surface area contributed by atoms with Gasteiger partial charge in [-0.25, -0.2) is 0 Å². The van der Waals surface area contributed by atoms with Crippen molar-refractivity contribution >= 4 is 46.7 Å². The summed E-state index contributed by atoms with van der Waals surface area (Å²) in [6.45, 7) is -0.165. The van der Waals surface area contributed by atoms with Crippen LogP contribution in [0.2, 0.25) is 10.0 Å². The Bertz CT molecular complexity index is 635. The summed E-state index contributed by atoms with van der Waals surface area (Å²) in [7, 11) is 1.47. The van der Waals surface area contributed by atoms with Crippen molar-refractivity contribution < 1.29 is 19.5 Å². The molecule has 1 aromatic rings. The molecule has 1 aromatic carbocycles. The standard InChI is InChI=1S/C14H14Cl2N2O4/c1-18(13(20)8-5-9(8)14(21)22)6-12(19)17-7-2-3-10(15)11(16)4-7/h2-4,8-9H,5-6H2,1H3,(H,17,19)(H,21,22). The van der Waals surface area contributed by atoms with Crippen LogP contribution in [0.1, 0.15) is 6.42 Å². The number of rotatable bonds is 5. The molecule has 1 aliphatic carbocycles. The van der Waals surface area contributed by atoms with Crippen LogP contribution in [-0.2, 0) is 14.4 Å². The lowest BCUT2D eigenvalue weighted by atomic mass is 10.2.